The van der Waals surface area contributed by atoms with Crippen LogP contribution < -0.4 is 0 Å². The van der Waals surface area contributed by atoms with Crippen LogP contribution in [0.25, 0.3) is 0 Å². The Hall–Kier alpha value is -2.38. The topological polar surface area (TPSA) is 20.2 Å². The second-order valence-corrected chi connectivity index (χ2v) is 6.92. The molecule has 1 N–H and O–H groups in total. The predicted octanol–water partition coefficient (Wildman–Crippen LogP) is 5.14. The van der Waals surface area contributed by atoms with Gasteiger partial charge >= 0.3 is 0 Å². The molecule has 0 saturated carbocycles. The Labute approximate surface area is 144 Å². The van der Waals surface area contributed by atoms with Crippen LogP contribution in [0.1, 0.15) is 42.0 Å². The van der Waals surface area contributed by atoms with Crippen LogP contribution >= 0.6 is 0 Å². The Bertz CT molecular complexity index is 719. The van der Waals surface area contributed by atoms with E-state index < -0.39 is 0 Å². The molecule has 0 unspecified atom stereocenters. The molecule has 1 nitrogen and oxygen atoms in total. The van der Waals surface area contributed by atoms with Crippen molar-refractivity contribution in [2.75, 3.05) is 6.61 Å². The van der Waals surface area contributed by atoms with E-state index in [1.165, 1.54) is 16.7 Å². The third-order valence-electron chi connectivity index (χ3n) is 4.69. The SMILES string of the molecule is CC(C)(CO)c1ccc(C(c2ccccc2)c2ccccc2)cc1. The first-order chi connectivity index (χ1) is 11.6. The fourth-order valence-corrected chi connectivity index (χ4v) is 3.09. The highest BCUT2D eigenvalue weighted by Gasteiger charge is 2.21. The lowest BCUT2D eigenvalue weighted by atomic mass is 9.81. The maximum absolute atomic E-state index is 9.58. The minimum atomic E-state index is -0.215. The summed E-state index contributed by atoms with van der Waals surface area (Å²) >= 11 is 0. The van der Waals surface area contributed by atoms with Gasteiger partial charge in [-0.2, -0.15) is 0 Å². The van der Waals surface area contributed by atoms with Gasteiger partial charge in [-0.15, -0.1) is 0 Å². The summed E-state index contributed by atoms with van der Waals surface area (Å²) in [5.74, 6) is 0.221. The second-order valence-electron chi connectivity index (χ2n) is 6.92. The Kier molecular flexibility index (Phi) is 4.82. The number of hydrogen-bond acceptors (Lipinski definition) is 1. The zero-order chi connectivity index (χ0) is 17.0. The molecular weight excluding hydrogens is 292 g/mol. The molecule has 122 valence electrons. The lowest BCUT2D eigenvalue weighted by Gasteiger charge is -2.24. The molecule has 3 aromatic rings. The van der Waals surface area contributed by atoms with E-state index in [2.05, 4.69) is 98.8 Å². The maximum Gasteiger partial charge on any atom is 0.0522 e. The summed E-state index contributed by atoms with van der Waals surface area (Å²) in [6.45, 7) is 4.27. The molecule has 0 aliphatic heterocycles. The highest BCUT2D eigenvalue weighted by molar-refractivity contribution is 5.44. The Morgan fingerprint density at radius 1 is 0.667 bits per heavy atom. The maximum atomic E-state index is 9.58. The molecule has 0 atom stereocenters. The number of aliphatic hydroxyl groups excluding tert-OH is 1. The van der Waals surface area contributed by atoms with Gasteiger partial charge in [-0.1, -0.05) is 98.8 Å². The lowest BCUT2D eigenvalue weighted by molar-refractivity contribution is 0.218. The van der Waals surface area contributed by atoms with E-state index in [9.17, 15) is 5.11 Å². The average molecular weight is 316 g/mol. The average Bonchev–Trinajstić information content (AvgIpc) is 2.64. The minimum Gasteiger partial charge on any atom is -0.395 e. The molecule has 3 rings (SSSR count). The highest BCUT2D eigenvalue weighted by atomic mass is 16.3. The van der Waals surface area contributed by atoms with E-state index in [0.29, 0.717) is 0 Å². The summed E-state index contributed by atoms with van der Waals surface area (Å²) in [7, 11) is 0. The molecule has 0 aliphatic carbocycles. The van der Waals surface area contributed by atoms with Gasteiger partial charge in [0, 0.05) is 11.3 Å². The van der Waals surface area contributed by atoms with E-state index >= 15 is 0 Å². The molecular formula is C23H24O. The van der Waals surface area contributed by atoms with Gasteiger partial charge < -0.3 is 5.11 Å². The quantitative estimate of drug-likeness (QED) is 0.646. The van der Waals surface area contributed by atoms with Crippen LogP contribution in [0.5, 0.6) is 0 Å². The number of benzene rings is 3. The smallest absolute Gasteiger partial charge is 0.0522 e. The zero-order valence-corrected chi connectivity index (χ0v) is 14.3. The fraction of sp³-hybridized carbons (Fsp3) is 0.217. The Morgan fingerprint density at radius 2 is 1.08 bits per heavy atom. The van der Waals surface area contributed by atoms with Gasteiger partial charge in [0.05, 0.1) is 6.61 Å². The molecule has 0 spiro atoms. The molecule has 3 aromatic carbocycles. The van der Waals surface area contributed by atoms with Crippen LogP contribution in [0.15, 0.2) is 84.9 Å². The molecule has 0 bridgehead atoms. The van der Waals surface area contributed by atoms with Crippen molar-refractivity contribution in [2.45, 2.75) is 25.2 Å². The molecule has 0 radical (unpaired) electrons. The number of rotatable bonds is 5. The molecule has 0 fully saturated rings. The first-order valence-electron chi connectivity index (χ1n) is 8.43. The van der Waals surface area contributed by atoms with Crippen molar-refractivity contribution in [1.29, 1.82) is 0 Å². The van der Waals surface area contributed by atoms with Gasteiger partial charge in [-0.05, 0) is 22.3 Å². The summed E-state index contributed by atoms with van der Waals surface area (Å²) in [5, 5.41) is 9.58. The molecule has 0 amide bonds. The summed E-state index contributed by atoms with van der Waals surface area (Å²) in [4.78, 5) is 0. The van der Waals surface area contributed by atoms with Gasteiger partial charge in [0.1, 0.15) is 0 Å². The van der Waals surface area contributed by atoms with E-state index in [-0.39, 0.29) is 17.9 Å². The minimum absolute atomic E-state index is 0.146. The van der Waals surface area contributed by atoms with E-state index in [4.69, 9.17) is 0 Å². The van der Waals surface area contributed by atoms with E-state index in [0.717, 1.165) is 5.56 Å². The van der Waals surface area contributed by atoms with Crippen LogP contribution in [0.3, 0.4) is 0 Å². The van der Waals surface area contributed by atoms with Crippen molar-refractivity contribution in [3.05, 3.63) is 107 Å². The number of aliphatic hydroxyl groups is 1. The van der Waals surface area contributed by atoms with E-state index in [1.807, 2.05) is 0 Å². The summed E-state index contributed by atoms with van der Waals surface area (Å²) in [5.41, 5.74) is 4.79. The van der Waals surface area contributed by atoms with Crippen LogP contribution in [0.4, 0.5) is 0 Å². The normalized spacial score (nSPS) is 11.7. The van der Waals surface area contributed by atoms with Gasteiger partial charge in [0.15, 0.2) is 0 Å². The van der Waals surface area contributed by atoms with Crippen molar-refractivity contribution < 1.29 is 5.11 Å². The van der Waals surface area contributed by atoms with Crippen LogP contribution in [-0.4, -0.2) is 11.7 Å². The first-order valence-corrected chi connectivity index (χ1v) is 8.43. The molecule has 24 heavy (non-hydrogen) atoms. The van der Waals surface area contributed by atoms with Crippen molar-refractivity contribution in [3.8, 4) is 0 Å². The van der Waals surface area contributed by atoms with Crippen molar-refractivity contribution >= 4 is 0 Å². The van der Waals surface area contributed by atoms with Crippen LogP contribution in [0, 0.1) is 0 Å². The summed E-state index contributed by atoms with van der Waals surface area (Å²) in [6, 6.07) is 29.9. The lowest BCUT2D eigenvalue weighted by Crippen LogP contribution is -2.21. The van der Waals surface area contributed by atoms with Crippen molar-refractivity contribution in [3.63, 3.8) is 0 Å². The van der Waals surface area contributed by atoms with Crippen LogP contribution in [0.2, 0.25) is 0 Å². The standard InChI is InChI=1S/C23H24O/c1-23(2,17-24)21-15-13-20(14-16-21)22(18-9-5-3-6-10-18)19-11-7-4-8-12-19/h3-16,22,24H,17H2,1-2H3. The largest absolute Gasteiger partial charge is 0.395 e. The molecule has 0 saturated heterocycles. The zero-order valence-electron chi connectivity index (χ0n) is 14.3. The first kappa shape index (κ1) is 16.5. The summed E-state index contributed by atoms with van der Waals surface area (Å²) in [6.07, 6.45) is 0. The third-order valence-corrected chi connectivity index (χ3v) is 4.69. The fourth-order valence-electron chi connectivity index (χ4n) is 3.09. The predicted molar refractivity (Wildman–Crippen MR) is 100 cm³/mol. The Balaban J connectivity index is 2.04. The van der Waals surface area contributed by atoms with Gasteiger partial charge in [-0.25, -0.2) is 0 Å². The Morgan fingerprint density at radius 3 is 1.50 bits per heavy atom. The molecule has 0 aromatic heterocycles. The van der Waals surface area contributed by atoms with Gasteiger partial charge in [-0.3, -0.25) is 0 Å². The van der Waals surface area contributed by atoms with Crippen molar-refractivity contribution in [2.24, 2.45) is 0 Å². The molecule has 1 heteroatoms. The summed E-state index contributed by atoms with van der Waals surface area (Å²) < 4.78 is 0. The van der Waals surface area contributed by atoms with E-state index in [1.54, 1.807) is 0 Å². The van der Waals surface area contributed by atoms with Crippen LogP contribution in [-0.2, 0) is 5.41 Å². The van der Waals surface area contributed by atoms with Crippen molar-refractivity contribution in [1.82, 2.24) is 0 Å². The third kappa shape index (κ3) is 3.42. The monoisotopic (exact) mass is 316 g/mol. The molecule has 0 heterocycles. The highest BCUT2D eigenvalue weighted by Crippen LogP contribution is 2.33. The number of hydrogen-bond donors (Lipinski definition) is 1. The van der Waals surface area contributed by atoms with Gasteiger partial charge in [0.2, 0.25) is 0 Å². The van der Waals surface area contributed by atoms with Gasteiger partial charge in [0.25, 0.3) is 0 Å². The second kappa shape index (κ2) is 7.02. The molecule has 0 aliphatic rings.